The fourth-order valence-corrected chi connectivity index (χ4v) is 4.31. The largest absolute Gasteiger partial charge is 0.391 e. The van der Waals surface area contributed by atoms with Crippen molar-refractivity contribution < 1.29 is 22.0 Å². The van der Waals surface area contributed by atoms with E-state index in [-0.39, 0.29) is 11.4 Å². The summed E-state index contributed by atoms with van der Waals surface area (Å²) >= 11 is 0. The van der Waals surface area contributed by atoms with Crippen molar-refractivity contribution in [3.8, 4) is 5.82 Å². The summed E-state index contributed by atoms with van der Waals surface area (Å²) in [5.41, 5.74) is -0.0284. The highest BCUT2D eigenvalue weighted by molar-refractivity contribution is 7.90. The number of sulfonamides is 1. The van der Waals surface area contributed by atoms with E-state index >= 15 is 0 Å². The first-order valence-electron chi connectivity index (χ1n) is 10.6. The molecule has 0 saturated heterocycles. The molecule has 12 heteroatoms. The number of rotatable bonds is 10. The number of alkyl halides is 2. The van der Waals surface area contributed by atoms with Gasteiger partial charge in [0.2, 0.25) is 10.0 Å². The number of amides is 1. The predicted molar refractivity (Wildman–Crippen MR) is 124 cm³/mol. The van der Waals surface area contributed by atoms with E-state index in [0.29, 0.717) is 11.6 Å². The highest BCUT2D eigenvalue weighted by Crippen LogP contribution is 2.30. The van der Waals surface area contributed by atoms with Crippen molar-refractivity contribution in [2.45, 2.75) is 19.3 Å². The van der Waals surface area contributed by atoms with Crippen LogP contribution in [0.15, 0.2) is 48.9 Å². The van der Waals surface area contributed by atoms with Crippen molar-refractivity contribution >= 4 is 33.0 Å². The smallest absolute Gasteiger partial charge is 0.282 e. The van der Waals surface area contributed by atoms with Gasteiger partial charge in [-0.2, -0.15) is 5.10 Å². The number of pyridine rings is 1. The average Bonchev–Trinajstić information content (AvgIpc) is 3.42. The fraction of sp³-hybridized carbons (Fsp3) is 0.318. The molecule has 1 amide bonds. The number of carbonyl (C=O) groups excluding carboxylic acids is 1. The molecule has 1 aliphatic rings. The van der Waals surface area contributed by atoms with Gasteiger partial charge in [-0.1, -0.05) is 6.08 Å². The molecule has 0 unspecified atom stereocenters. The van der Waals surface area contributed by atoms with Crippen molar-refractivity contribution in [3.63, 3.8) is 0 Å². The number of nitrogens with one attached hydrogen (secondary N) is 2. The zero-order chi connectivity index (χ0) is 24.3. The molecule has 0 spiro atoms. The summed E-state index contributed by atoms with van der Waals surface area (Å²) in [4.78, 5) is 16.6. The number of aromatic nitrogens is 4. The fourth-order valence-electron chi connectivity index (χ4n) is 3.50. The van der Waals surface area contributed by atoms with E-state index in [0.717, 1.165) is 24.1 Å². The van der Waals surface area contributed by atoms with E-state index in [9.17, 15) is 22.0 Å². The van der Waals surface area contributed by atoms with Crippen LogP contribution in [0.4, 0.5) is 8.78 Å². The van der Waals surface area contributed by atoms with E-state index in [2.05, 4.69) is 15.4 Å². The summed E-state index contributed by atoms with van der Waals surface area (Å²) in [5, 5.41) is 7.71. The number of carbonyl (C=O) groups is 1. The summed E-state index contributed by atoms with van der Waals surface area (Å²) in [6.45, 7) is 0.789. The molecule has 1 aliphatic carbocycles. The Hall–Kier alpha value is -3.54. The van der Waals surface area contributed by atoms with Crippen LogP contribution < -0.4 is 10.0 Å². The molecule has 3 heterocycles. The van der Waals surface area contributed by atoms with Gasteiger partial charge in [0.15, 0.2) is 0 Å². The van der Waals surface area contributed by atoms with Crippen LogP contribution in [-0.2, 0) is 21.9 Å². The Labute approximate surface area is 195 Å². The van der Waals surface area contributed by atoms with Gasteiger partial charge in [0, 0.05) is 43.0 Å². The van der Waals surface area contributed by atoms with Gasteiger partial charge in [-0.05, 0) is 49.2 Å². The maximum atomic E-state index is 13.7. The second-order valence-corrected chi connectivity index (χ2v) is 9.75. The van der Waals surface area contributed by atoms with Gasteiger partial charge in [-0.3, -0.25) is 14.0 Å². The van der Waals surface area contributed by atoms with Crippen LogP contribution in [0.5, 0.6) is 0 Å². The van der Waals surface area contributed by atoms with Gasteiger partial charge < -0.3 is 5.32 Å². The van der Waals surface area contributed by atoms with Gasteiger partial charge in [-0.15, -0.1) is 0 Å². The van der Waals surface area contributed by atoms with E-state index in [1.54, 1.807) is 35.3 Å². The Morgan fingerprint density at radius 1 is 1.32 bits per heavy atom. The molecule has 9 nitrogen and oxygen atoms in total. The molecule has 3 aromatic heterocycles. The van der Waals surface area contributed by atoms with Gasteiger partial charge in [0.1, 0.15) is 17.2 Å². The molecule has 1 saturated carbocycles. The number of fused-ring (bicyclic) bond motifs is 1. The van der Waals surface area contributed by atoms with E-state index in [1.807, 2.05) is 10.8 Å². The molecule has 34 heavy (non-hydrogen) atoms. The first-order chi connectivity index (χ1) is 16.2. The topological polar surface area (TPSA) is 111 Å². The third kappa shape index (κ3) is 5.50. The maximum Gasteiger partial charge on any atom is 0.282 e. The lowest BCUT2D eigenvalue weighted by molar-refractivity contribution is -0.114. The molecule has 0 radical (unpaired) electrons. The first kappa shape index (κ1) is 23.6. The molecule has 0 atom stereocenters. The number of nitrogens with zero attached hydrogens (tertiary/aromatic N) is 4. The zero-order valence-corrected chi connectivity index (χ0v) is 19.2. The number of hydrogen-bond donors (Lipinski definition) is 2. The number of halogens is 2. The van der Waals surface area contributed by atoms with E-state index in [1.165, 1.54) is 30.6 Å². The molecule has 3 aromatic rings. The summed E-state index contributed by atoms with van der Waals surface area (Å²) < 4.78 is 56.4. The summed E-state index contributed by atoms with van der Waals surface area (Å²) in [6, 6.07) is 5.36. The molecular weight excluding hydrogens is 466 g/mol. The molecule has 180 valence electrons. The molecule has 0 aliphatic heterocycles. The van der Waals surface area contributed by atoms with Crippen molar-refractivity contribution in [2.24, 2.45) is 13.0 Å². The summed E-state index contributed by atoms with van der Waals surface area (Å²) in [6.07, 6.45) is 7.66. The van der Waals surface area contributed by atoms with Gasteiger partial charge in [0.05, 0.1) is 5.75 Å². The minimum absolute atomic E-state index is 0.0163. The second-order valence-electron chi connectivity index (χ2n) is 7.98. The summed E-state index contributed by atoms with van der Waals surface area (Å²) in [7, 11) is -2.43. The Kier molecular flexibility index (Phi) is 6.77. The molecule has 0 bridgehead atoms. The lowest BCUT2D eigenvalue weighted by Gasteiger charge is -2.07. The quantitative estimate of drug-likeness (QED) is 0.423. The standard InChI is InChI=1S/C22H24F2N6O3S/c1-29-22(30-12-9-16-4-2-11-26-21(16)30)17(19(27-29)20(23)24)7-8-18(31)28-34(32,33)13-3-10-25-14-15-5-6-15/h2-4,7-12,15,20,25H,5-6,13-14H2,1H3,(H,28,31)/b8-7+,10-3?. The van der Waals surface area contributed by atoms with Crippen molar-refractivity contribution in [1.82, 2.24) is 29.4 Å². The van der Waals surface area contributed by atoms with Crippen LogP contribution >= 0.6 is 0 Å². The Morgan fingerprint density at radius 3 is 2.85 bits per heavy atom. The third-order valence-electron chi connectivity index (χ3n) is 5.28. The normalized spacial score (nSPS) is 14.6. The van der Waals surface area contributed by atoms with Crippen molar-refractivity contribution in [3.05, 3.63) is 60.2 Å². The molecule has 0 aromatic carbocycles. The van der Waals surface area contributed by atoms with E-state index < -0.39 is 33.8 Å². The van der Waals surface area contributed by atoms with Crippen LogP contribution in [0.3, 0.4) is 0 Å². The monoisotopic (exact) mass is 490 g/mol. The number of aryl methyl sites for hydroxylation is 1. The van der Waals surface area contributed by atoms with Gasteiger partial charge in [-0.25, -0.2) is 26.9 Å². The Morgan fingerprint density at radius 2 is 2.12 bits per heavy atom. The van der Waals surface area contributed by atoms with Gasteiger partial charge >= 0.3 is 0 Å². The van der Waals surface area contributed by atoms with Crippen LogP contribution in [0.25, 0.3) is 22.9 Å². The first-order valence-corrected chi connectivity index (χ1v) is 12.3. The molecule has 4 rings (SSSR count). The van der Waals surface area contributed by atoms with E-state index in [4.69, 9.17) is 0 Å². The number of hydrogen-bond acceptors (Lipinski definition) is 6. The maximum absolute atomic E-state index is 13.7. The minimum Gasteiger partial charge on any atom is -0.391 e. The highest BCUT2D eigenvalue weighted by Gasteiger charge is 2.24. The average molecular weight is 491 g/mol. The molecule has 2 N–H and O–H groups in total. The summed E-state index contributed by atoms with van der Waals surface area (Å²) in [5.74, 6) is -0.446. The lowest BCUT2D eigenvalue weighted by Crippen LogP contribution is -2.30. The SMILES string of the molecule is Cn1nc(C(F)F)c(/C=C/C(=O)NS(=O)(=O)CC=CNCC2CC2)c1-n1ccc2cccnc21. The second kappa shape index (κ2) is 9.75. The van der Waals surface area contributed by atoms with Crippen LogP contribution in [-0.4, -0.2) is 46.0 Å². The predicted octanol–water partition coefficient (Wildman–Crippen LogP) is 2.67. The van der Waals surface area contributed by atoms with Crippen molar-refractivity contribution in [1.29, 1.82) is 0 Å². The van der Waals surface area contributed by atoms with Crippen LogP contribution in [0.1, 0.15) is 30.5 Å². The zero-order valence-electron chi connectivity index (χ0n) is 18.4. The highest BCUT2D eigenvalue weighted by atomic mass is 32.2. The Balaban J connectivity index is 1.53. The molecular formula is C22H24F2N6O3S. The van der Waals surface area contributed by atoms with Crippen LogP contribution in [0.2, 0.25) is 0 Å². The molecule has 1 fully saturated rings. The Bertz CT molecular complexity index is 1360. The lowest BCUT2D eigenvalue weighted by atomic mass is 10.2. The third-order valence-corrected chi connectivity index (χ3v) is 6.42. The van der Waals surface area contributed by atoms with Gasteiger partial charge in [0.25, 0.3) is 12.3 Å². The van der Waals surface area contributed by atoms with Crippen molar-refractivity contribution in [2.75, 3.05) is 12.3 Å². The van der Waals surface area contributed by atoms with Crippen LogP contribution in [0, 0.1) is 5.92 Å². The minimum atomic E-state index is -3.94.